The number of aromatic amines is 3. The Morgan fingerprint density at radius 1 is 0.679 bits per heavy atom. The number of aliphatic carboxylic acids is 1. The summed E-state index contributed by atoms with van der Waals surface area (Å²) in [5.41, 5.74) is 14.9. The van der Waals surface area contributed by atoms with Gasteiger partial charge in [0.25, 0.3) is 0 Å². The topological polar surface area (TPSA) is 431 Å². The molecule has 5 aromatic rings. The third-order valence-corrected chi connectivity index (χ3v) is 13.8. The summed E-state index contributed by atoms with van der Waals surface area (Å²) in [6.45, 7) is 5.29. The summed E-state index contributed by atoms with van der Waals surface area (Å²) in [7, 11) is 0. The number of primary amides is 1. The van der Waals surface area contributed by atoms with Crippen molar-refractivity contribution in [1.29, 1.82) is 0 Å². The average Bonchev–Trinajstić information content (AvgIpc) is 4.50. The highest BCUT2D eigenvalue weighted by Crippen LogP contribution is 2.24. The highest BCUT2D eigenvalue weighted by Gasteiger charge is 2.41. The number of aromatic nitrogens is 4. The Morgan fingerprint density at radius 2 is 1.26 bits per heavy atom. The van der Waals surface area contributed by atoms with Crippen LogP contribution in [0.1, 0.15) is 76.6 Å². The van der Waals surface area contributed by atoms with Crippen LogP contribution in [-0.2, 0) is 67.2 Å². The number of para-hydroxylation sites is 2. The van der Waals surface area contributed by atoms with E-state index in [9.17, 15) is 63.3 Å². The maximum atomic E-state index is 14.6. The van der Waals surface area contributed by atoms with Gasteiger partial charge in [0.05, 0.1) is 31.1 Å². The lowest BCUT2D eigenvalue weighted by Crippen LogP contribution is -2.61. The highest BCUT2D eigenvalue weighted by atomic mass is 16.4. The third kappa shape index (κ3) is 16.9. The molecule has 4 heterocycles. The van der Waals surface area contributed by atoms with Crippen LogP contribution >= 0.6 is 0 Å². The Kier molecular flexibility index (Phi) is 21.6. The second kappa shape index (κ2) is 28.5. The Morgan fingerprint density at radius 3 is 1.84 bits per heavy atom. The number of aliphatic hydroxyl groups excluding tert-OH is 2. The Balaban J connectivity index is 1.12. The van der Waals surface area contributed by atoms with Crippen LogP contribution in [0, 0.1) is 5.92 Å². The van der Waals surface area contributed by atoms with Crippen molar-refractivity contribution >= 4 is 80.9 Å². The number of imidazole rings is 1. The maximum absolute atomic E-state index is 14.6. The van der Waals surface area contributed by atoms with Crippen LogP contribution in [0.3, 0.4) is 0 Å². The van der Waals surface area contributed by atoms with Crippen LogP contribution in [0.15, 0.2) is 73.4 Å². The van der Waals surface area contributed by atoms with Crippen LogP contribution in [0.4, 0.5) is 0 Å². The monoisotopic (exact) mass is 1120 g/mol. The van der Waals surface area contributed by atoms with Gasteiger partial charge in [-0.1, -0.05) is 50.2 Å². The number of carboxylic acids is 1. The van der Waals surface area contributed by atoms with E-state index in [4.69, 9.17) is 11.5 Å². The molecule has 1 fully saturated rings. The molecule has 3 aromatic heterocycles. The molecule has 6 rings (SSSR count). The van der Waals surface area contributed by atoms with Crippen molar-refractivity contribution in [3.05, 3.63) is 90.3 Å². The van der Waals surface area contributed by atoms with Gasteiger partial charge in [0.1, 0.15) is 36.3 Å². The molecule has 27 nitrogen and oxygen atoms in total. The van der Waals surface area contributed by atoms with E-state index in [2.05, 4.69) is 57.2 Å². The number of fused-ring (bicyclic) bond motifs is 2. The van der Waals surface area contributed by atoms with E-state index in [-0.39, 0.29) is 57.4 Å². The van der Waals surface area contributed by atoms with E-state index in [1.165, 1.54) is 31.3 Å². The van der Waals surface area contributed by atoms with Gasteiger partial charge in [-0.25, -0.2) is 9.78 Å². The number of hydrogen-bond acceptors (Lipinski definition) is 14. The predicted molar refractivity (Wildman–Crippen MR) is 292 cm³/mol. The number of benzene rings is 2. The molecule has 27 heteroatoms. The van der Waals surface area contributed by atoms with Gasteiger partial charge >= 0.3 is 5.97 Å². The van der Waals surface area contributed by atoms with Crippen LogP contribution in [0.5, 0.6) is 0 Å². The van der Waals surface area contributed by atoms with E-state index in [0.717, 1.165) is 27.4 Å². The molecule has 0 spiro atoms. The molecule has 0 aliphatic carbocycles. The summed E-state index contributed by atoms with van der Waals surface area (Å²) in [5.74, 6) is -9.28. The van der Waals surface area contributed by atoms with Crippen molar-refractivity contribution in [2.75, 3.05) is 13.1 Å². The van der Waals surface area contributed by atoms with Crippen molar-refractivity contribution in [3.8, 4) is 0 Å². The number of rotatable bonds is 29. The molecule has 10 atom stereocenters. The summed E-state index contributed by atoms with van der Waals surface area (Å²) < 4.78 is 0. The fraction of sp³-hybridized carbons (Fsp3) is 0.463. The number of carbonyl (C=O) groups is 10. The molecular weight excluding hydrogens is 1050 g/mol. The van der Waals surface area contributed by atoms with Crippen molar-refractivity contribution in [3.63, 3.8) is 0 Å². The fourth-order valence-corrected chi connectivity index (χ4v) is 9.58. The predicted octanol–water partition coefficient (Wildman–Crippen LogP) is -2.10. The van der Waals surface area contributed by atoms with Gasteiger partial charge < -0.3 is 83.9 Å². The number of nitrogens with zero attached hydrogens (tertiary/aromatic N) is 2. The summed E-state index contributed by atoms with van der Waals surface area (Å²) in [4.78, 5) is 149. The molecule has 9 amide bonds. The van der Waals surface area contributed by atoms with Crippen LogP contribution < -0.4 is 48.7 Å². The second-order valence-electron chi connectivity index (χ2n) is 20.7. The van der Waals surface area contributed by atoms with Gasteiger partial charge in [0.2, 0.25) is 53.2 Å². The maximum Gasteiger partial charge on any atom is 0.328 e. The standard InChI is InChI=1S/C54H72N14O13/c1-27(2)18-41(53(79)68-17-9-14-42(68)51(77)63-39(50(76)67-46(29(4)70)54(80)81)20-31-23-59-37-13-8-6-11-34(31)37)65-49(75)40(21-32-24-57-26-61-32)64-52(78)45(28(3)69)66-44(72)25-60-48(74)38(15-16-43(56)71)62-47(73)35(55)19-30-22-58-36-12-7-5-10-33(30)36/h5-8,10-13,22-24,26-29,35,38-42,45-46,58-59,69-70H,9,14-21,25,55H2,1-4H3,(H2,56,71)(H,57,61)(H,60,74)(H,62,73)(H,63,77)(H,64,78)(H,65,75)(H,66,72)(H,67,76)(H,80,81)/t28-,29-,35+,38+,39+,40+,41+,42+,45+,46+/m1/s1. The molecule has 0 unspecified atom stereocenters. The van der Waals surface area contributed by atoms with E-state index < -0.39 is 126 Å². The minimum atomic E-state index is -1.72. The molecular formula is C54H72N14O13. The Bertz CT molecular complexity index is 3050. The molecule has 17 N–H and O–H groups in total. The number of likely N-dealkylation sites (tertiary alicyclic amines) is 1. The first-order chi connectivity index (χ1) is 38.5. The first-order valence-corrected chi connectivity index (χ1v) is 26.6. The number of hydrogen-bond donors (Lipinski definition) is 15. The number of carbonyl (C=O) groups excluding carboxylic acids is 9. The zero-order chi connectivity index (χ0) is 59.1. The highest BCUT2D eigenvalue weighted by molar-refractivity contribution is 5.98. The molecule has 1 saturated heterocycles. The molecule has 1 aliphatic heterocycles. The number of amides is 9. The first kappa shape index (κ1) is 61.5. The summed E-state index contributed by atoms with van der Waals surface area (Å²) >= 11 is 0. The fourth-order valence-electron chi connectivity index (χ4n) is 9.58. The van der Waals surface area contributed by atoms with Crippen LogP contribution in [0.2, 0.25) is 0 Å². The molecule has 436 valence electrons. The third-order valence-electron chi connectivity index (χ3n) is 13.8. The number of carboxylic acid groups (broad SMARTS) is 1. The van der Waals surface area contributed by atoms with Crippen molar-refractivity contribution < 1.29 is 63.3 Å². The average molecular weight is 1130 g/mol. The SMILES string of the molecule is CC(C)C[C@H](NC(=O)[C@H](Cc1cnc[nH]1)NC(=O)[C@@H](NC(=O)CNC(=O)[C@H](CCC(N)=O)NC(=O)[C@@H](N)Cc1c[nH]c2ccccc12)[C@@H](C)O)C(=O)N1CCC[C@H]1C(=O)N[C@@H](Cc1c[nH]c2ccccc12)C(=O)N[C@H](C(=O)O)[C@@H](C)O. The number of nitrogens with two attached hydrogens (primary N) is 2. The minimum absolute atomic E-state index is 0.0601. The van der Waals surface area contributed by atoms with Gasteiger partial charge in [-0.3, -0.25) is 43.2 Å². The molecule has 2 aromatic carbocycles. The van der Waals surface area contributed by atoms with E-state index in [1.807, 2.05) is 30.3 Å². The smallest absolute Gasteiger partial charge is 0.328 e. The largest absolute Gasteiger partial charge is 0.480 e. The van der Waals surface area contributed by atoms with E-state index in [0.29, 0.717) is 17.7 Å². The zero-order valence-electron chi connectivity index (χ0n) is 45.3. The quantitative estimate of drug-likeness (QED) is 0.0244. The first-order valence-electron chi connectivity index (χ1n) is 26.6. The lowest BCUT2D eigenvalue weighted by molar-refractivity contribution is -0.145. The minimum Gasteiger partial charge on any atom is -0.480 e. The molecule has 0 radical (unpaired) electrons. The normalized spacial score (nSPS) is 16.6. The summed E-state index contributed by atoms with van der Waals surface area (Å²) in [6, 6.07) is 3.40. The molecule has 81 heavy (non-hydrogen) atoms. The molecule has 0 bridgehead atoms. The van der Waals surface area contributed by atoms with E-state index in [1.54, 1.807) is 44.4 Å². The van der Waals surface area contributed by atoms with Crippen molar-refractivity contribution in [1.82, 2.24) is 62.1 Å². The van der Waals surface area contributed by atoms with Gasteiger partial charge in [0.15, 0.2) is 6.04 Å². The summed E-state index contributed by atoms with van der Waals surface area (Å²) in [5, 5.41) is 49.8. The van der Waals surface area contributed by atoms with E-state index >= 15 is 0 Å². The lowest BCUT2D eigenvalue weighted by atomic mass is 10.0. The van der Waals surface area contributed by atoms with Crippen molar-refractivity contribution in [2.45, 2.75) is 140 Å². The Hall–Kier alpha value is -8.69. The molecule has 0 saturated carbocycles. The van der Waals surface area contributed by atoms with Crippen molar-refractivity contribution in [2.24, 2.45) is 17.4 Å². The lowest BCUT2D eigenvalue weighted by Gasteiger charge is -2.31. The molecule has 1 aliphatic rings. The summed E-state index contributed by atoms with van der Waals surface area (Å²) in [6.07, 6.45) is 2.79. The van der Waals surface area contributed by atoms with Gasteiger partial charge in [-0.15, -0.1) is 0 Å². The number of aliphatic hydroxyl groups is 2. The number of nitrogens with one attached hydrogen (secondary N) is 10. The Labute approximate surface area is 465 Å². The second-order valence-corrected chi connectivity index (χ2v) is 20.7. The van der Waals surface area contributed by atoms with Gasteiger partial charge in [-0.2, -0.15) is 0 Å². The zero-order valence-corrected chi connectivity index (χ0v) is 45.3. The van der Waals surface area contributed by atoms with Crippen LogP contribution in [-0.4, -0.2) is 173 Å². The number of H-pyrrole nitrogens is 3. The van der Waals surface area contributed by atoms with Gasteiger partial charge in [-0.05, 0) is 75.1 Å². The van der Waals surface area contributed by atoms with Crippen LogP contribution in [0.25, 0.3) is 21.8 Å². The van der Waals surface area contributed by atoms with Gasteiger partial charge in [0, 0.05) is 71.9 Å².